The van der Waals surface area contributed by atoms with Crippen molar-refractivity contribution >= 4 is 11.8 Å². The van der Waals surface area contributed by atoms with E-state index in [1.807, 2.05) is 17.8 Å². The molecule has 1 atom stereocenters. The Morgan fingerprint density at radius 3 is 3.00 bits per heavy atom. The van der Waals surface area contributed by atoms with Gasteiger partial charge in [0, 0.05) is 23.5 Å². The molecular weight excluding hydrogens is 194 g/mol. The fourth-order valence-electron chi connectivity index (χ4n) is 1.55. The van der Waals surface area contributed by atoms with E-state index >= 15 is 0 Å². The van der Waals surface area contributed by atoms with E-state index in [4.69, 9.17) is 0 Å². The third-order valence-electron chi connectivity index (χ3n) is 2.96. The first-order chi connectivity index (χ1) is 6.76. The summed E-state index contributed by atoms with van der Waals surface area (Å²) in [7, 11) is 0. The molecule has 0 bridgehead atoms. The molecule has 3 nitrogen and oxygen atoms in total. The summed E-state index contributed by atoms with van der Waals surface area (Å²) < 4.78 is 0.536. The number of nitrogens with one attached hydrogen (secondary N) is 2. The van der Waals surface area contributed by atoms with Crippen LogP contribution >= 0.6 is 11.8 Å². The monoisotopic (exact) mass is 211 g/mol. The molecule has 0 aromatic carbocycles. The molecule has 0 radical (unpaired) electrons. The van der Waals surface area contributed by atoms with Gasteiger partial charge in [0.25, 0.3) is 0 Å². The zero-order valence-electron chi connectivity index (χ0n) is 8.71. The van der Waals surface area contributed by atoms with Crippen LogP contribution in [0.15, 0.2) is 12.3 Å². The molecule has 4 heteroatoms. The molecule has 0 amide bonds. The summed E-state index contributed by atoms with van der Waals surface area (Å²) in [5.41, 5.74) is 1.17. The predicted molar refractivity (Wildman–Crippen MR) is 60.5 cm³/mol. The number of rotatable bonds is 5. The number of H-pyrrole nitrogens is 1. The molecule has 0 saturated heterocycles. The van der Waals surface area contributed by atoms with E-state index < -0.39 is 0 Å². The van der Waals surface area contributed by atoms with Crippen LogP contribution in [0.3, 0.4) is 0 Å². The smallest absolute Gasteiger partial charge is 0.0518 e. The van der Waals surface area contributed by atoms with Crippen LogP contribution in [0.25, 0.3) is 0 Å². The predicted octanol–water partition coefficient (Wildman–Crippen LogP) is 1.96. The van der Waals surface area contributed by atoms with Crippen molar-refractivity contribution in [3.63, 3.8) is 0 Å². The first-order valence-electron chi connectivity index (χ1n) is 5.04. The maximum Gasteiger partial charge on any atom is 0.0518 e. The normalized spacial score (nSPS) is 20.7. The Bertz CT molecular complexity index is 280. The second-order valence-corrected chi connectivity index (χ2v) is 5.28. The second kappa shape index (κ2) is 3.95. The van der Waals surface area contributed by atoms with E-state index in [9.17, 15) is 0 Å². The summed E-state index contributed by atoms with van der Waals surface area (Å²) >= 11 is 1.99. The van der Waals surface area contributed by atoms with E-state index in [2.05, 4.69) is 28.7 Å². The van der Waals surface area contributed by atoms with E-state index in [0.29, 0.717) is 10.8 Å². The van der Waals surface area contributed by atoms with Gasteiger partial charge in [-0.1, -0.05) is 0 Å². The quantitative estimate of drug-likeness (QED) is 0.782. The van der Waals surface area contributed by atoms with Crippen molar-refractivity contribution in [1.82, 2.24) is 15.5 Å². The van der Waals surface area contributed by atoms with Crippen LogP contribution in [0.1, 0.15) is 31.5 Å². The van der Waals surface area contributed by atoms with Crippen molar-refractivity contribution in [3.05, 3.63) is 18.0 Å². The largest absolute Gasteiger partial charge is 0.307 e. The number of nitrogens with zero attached hydrogens (tertiary/aromatic N) is 1. The van der Waals surface area contributed by atoms with Gasteiger partial charge in [-0.25, -0.2) is 0 Å². The van der Waals surface area contributed by atoms with Gasteiger partial charge in [-0.05, 0) is 32.1 Å². The molecule has 1 saturated carbocycles. The molecule has 1 aromatic rings. The Balaban J connectivity index is 1.81. The zero-order valence-corrected chi connectivity index (χ0v) is 9.53. The van der Waals surface area contributed by atoms with Crippen molar-refractivity contribution in [1.29, 1.82) is 0 Å². The van der Waals surface area contributed by atoms with E-state index in [1.165, 1.54) is 18.5 Å². The van der Waals surface area contributed by atoms with Crippen LogP contribution in [0.4, 0.5) is 0 Å². The van der Waals surface area contributed by atoms with Crippen LogP contribution in [0, 0.1) is 0 Å². The van der Waals surface area contributed by atoms with Crippen LogP contribution in [-0.2, 0) is 0 Å². The SMILES string of the molecule is CSC1(CNC(C)c2ccn[nH]2)CC1. The number of hydrogen-bond donors (Lipinski definition) is 2. The topological polar surface area (TPSA) is 40.7 Å². The third kappa shape index (κ3) is 2.12. The van der Waals surface area contributed by atoms with Gasteiger partial charge in [0.15, 0.2) is 0 Å². The molecule has 1 unspecified atom stereocenters. The maximum atomic E-state index is 3.95. The summed E-state index contributed by atoms with van der Waals surface area (Å²) in [5.74, 6) is 0. The third-order valence-corrected chi connectivity index (χ3v) is 4.38. The highest BCUT2D eigenvalue weighted by atomic mass is 32.2. The van der Waals surface area contributed by atoms with E-state index in [-0.39, 0.29) is 0 Å². The minimum atomic E-state index is 0.377. The first-order valence-corrected chi connectivity index (χ1v) is 6.26. The fraction of sp³-hybridized carbons (Fsp3) is 0.700. The molecule has 2 N–H and O–H groups in total. The molecule has 0 spiro atoms. The number of aromatic nitrogens is 2. The highest BCUT2D eigenvalue weighted by Crippen LogP contribution is 2.46. The van der Waals surface area contributed by atoms with Gasteiger partial charge in [0.1, 0.15) is 0 Å². The van der Waals surface area contributed by atoms with Crippen LogP contribution in [0.2, 0.25) is 0 Å². The van der Waals surface area contributed by atoms with Crippen molar-refractivity contribution in [3.8, 4) is 0 Å². The minimum Gasteiger partial charge on any atom is -0.307 e. The van der Waals surface area contributed by atoms with Gasteiger partial charge >= 0.3 is 0 Å². The van der Waals surface area contributed by atoms with Crippen LogP contribution in [0.5, 0.6) is 0 Å². The lowest BCUT2D eigenvalue weighted by molar-refractivity contribution is 0.551. The standard InChI is InChI=1S/C10H17N3S/c1-8(9-3-6-12-13-9)11-7-10(14-2)4-5-10/h3,6,8,11H,4-5,7H2,1-2H3,(H,12,13). The fourth-order valence-corrected chi connectivity index (χ4v) is 2.29. The second-order valence-electron chi connectivity index (χ2n) is 4.00. The average Bonchev–Trinajstić information content (AvgIpc) is 2.78. The van der Waals surface area contributed by atoms with Crippen LogP contribution in [-0.4, -0.2) is 27.7 Å². The Morgan fingerprint density at radius 1 is 1.71 bits per heavy atom. The van der Waals surface area contributed by atoms with E-state index in [1.54, 1.807) is 6.20 Å². The van der Waals surface area contributed by atoms with Crippen molar-refractivity contribution in [2.75, 3.05) is 12.8 Å². The Morgan fingerprint density at radius 2 is 2.50 bits per heavy atom. The highest BCUT2D eigenvalue weighted by molar-refractivity contribution is 8.00. The van der Waals surface area contributed by atoms with Gasteiger partial charge < -0.3 is 5.32 Å². The van der Waals surface area contributed by atoms with Crippen molar-refractivity contribution < 1.29 is 0 Å². The molecule has 14 heavy (non-hydrogen) atoms. The van der Waals surface area contributed by atoms with Gasteiger partial charge in [0.2, 0.25) is 0 Å². The molecule has 1 aromatic heterocycles. The summed E-state index contributed by atoms with van der Waals surface area (Å²) in [6, 6.07) is 2.40. The molecule has 1 fully saturated rings. The summed E-state index contributed by atoms with van der Waals surface area (Å²) in [5, 5.41) is 10.5. The number of aromatic amines is 1. The summed E-state index contributed by atoms with van der Waals surface area (Å²) in [6.45, 7) is 3.28. The zero-order chi connectivity index (χ0) is 10.0. The first kappa shape index (κ1) is 10.1. The molecular formula is C10H17N3S. The van der Waals surface area contributed by atoms with Gasteiger partial charge in [-0.2, -0.15) is 16.9 Å². The van der Waals surface area contributed by atoms with Crippen LogP contribution < -0.4 is 5.32 Å². The van der Waals surface area contributed by atoms with Crippen molar-refractivity contribution in [2.45, 2.75) is 30.6 Å². The number of thioether (sulfide) groups is 1. The molecule has 1 heterocycles. The minimum absolute atomic E-state index is 0.377. The number of hydrogen-bond acceptors (Lipinski definition) is 3. The Hall–Kier alpha value is -0.480. The lowest BCUT2D eigenvalue weighted by Crippen LogP contribution is -2.28. The summed E-state index contributed by atoms with van der Waals surface area (Å²) in [4.78, 5) is 0. The lowest BCUT2D eigenvalue weighted by Gasteiger charge is -2.17. The van der Waals surface area contributed by atoms with E-state index in [0.717, 1.165) is 6.54 Å². The average molecular weight is 211 g/mol. The highest BCUT2D eigenvalue weighted by Gasteiger charge is 2.41. The molecule has 1 aliphatic carbocycles. The van der Waals surface area contributed by atoms with Crippen molar-refractivity contribution in [2.24, 2.45) is 0 Å². The Labute approximate surface area is 89.1 Å². The molecule has 2 rings (SSSR count). The van der Waals surface area contributed by atoms with Gasteiger partial charge in [0.05, 0.1) is 5.69 Å². The lowest BCUT2D eigenvalue weighted by atomic mass is 10.2. The van der Waals surface area contributed by atoms with Gasteiger partial charge in [-0.3, -0.25) is 5.10 Å². The Kier molecular flexibility index (Phi) is 2.83. The molecule has 0 aliphatic heterocycles. The molecule has 78 valence electrons. The molecule has 1 aliphatic rings. The van der Waals surface area contributed by atoms with Gasteiger partial charge in [-0.15, -0.1) is 0 Å². The maximum absolute atomic E-state index is 3.95. The summed E-state index contributed by atoms with van der Waals surface area (Å²) in [6.07, 6.45) is 6.72.